The summed E-state index contributed by atoms with van der Waals surface area (Å²) in [5.74, 6) is -1.07. The number of nitro groups is 1. The maximum atomic E-state index is 12.4. The number of rotatable bonds is 5. The third kappa shape index (κ3) is 3.34. The van der Waals surface area contributed by atoms with E-state index in [0.29, 0.717) is 6.54 Å². The third-order valence-corrected chi connectivity index (χ3v) is 4.13. The maximum Gasteiger partial charge on any atom is 0.342 e. The van der Waals surface area contributed by atoms with Crippen LogP contribution in [-0.2, 0) is 16.0 Å². The van der Waals surface area contributed by atoms with E-state index >= 15 is 0 Å². The smallest absolute Gasteiger partial charge is 0.342 e. The van der Waals surface area contributed by atoms with Gasteiger partial charge in [0, 0.05) is 24.4 Å². The first kappa shape index (κ1) is 17.4. The molecule has 0 saturated carbocycles. The molecule has 26 heavy (non-hydrogen) atoms. The van der Waals surface area contributed by atoms with Gasteiger partial charge in [0.15, 0.2) is 6.61 Å². The summed E-state index contributed by atoms with van der Waals surface area (Å²) in [6.07, 6.45) is 0.745. The van der Waals surface area contributed by atoms with Crippen LogP contribution in [0.15, 0.2) is 42.5 Å². The van der Waals surface area contributed by atoms with Gasteiger partial charge >= 0.3 is 5.97 Å². The number of hydrogen-bond acceptors (Lipinski definition) is 6. The van der Waals surface area contributed by atoms with E-state index in [1.54, 1.807) is 4.90 Å². The lowest BCUT2D eigenvalue weighted by Crippen LogP contribution is -2.33. The molecule has 134 valence electrons. The number of carbonyl (C=O) groups excluding carboxylic acids is 2. The number of non-ortho nitro benzene ring substituents is 1. The number of methoxy groups -OCH3 is 1. The van der Waals surface area contributed by atoms with E-state index in [4.69, 9.17) is 9.47 Å². The summed E-state index contributed by atoms with van der Waals surface area (Å²) in [6.45, 7) is 0.0644. The molecule has 0 aliphatic carbocycles. The quantitative estimate of drug-likeness (QED) is 0.463. The molecule has 0 bridgehead atoms. The minimum absolute atomic E-state index is 0.101. The molecule has 0 atom stereocenters. The molecule has 1 aliphatic heterocycles. The van der Waals surface area contributed by atoms with E-state index in [1.807, 2.05) is 24.3 Å². The number of carbonyl (C=O) groups is 2. The van der Waals surface area contributed by atoms with Crippen molar-refractivity contribution >= 4 is 23.3 Å². The molecule has 0 spiro atoms. The number of anilines is 1. The number of fused-ring (bicyclic) bond motifs is 1. The van der Waals surface area contributed by atoms with Gasteiger partial charge in [0.1, 0.15) is 11.3 Å². The highest BCUT2D eigenvalue weighted by molar-refractivity contribution is 5.99. The van der Waals surface area contributed by atoms with Crippen LogP contribution < -0.4 is 9.64 Å². The van der Waals surface area contributed by atoms with E-state index in [1.165, 1.54) is 19.2 Å². The molecule has 0 unspecified atom stereocenters. The average molecular weight is 356 g/mol. The van der Waals surface area contributed by atoms with Crippen molar-refractivity contribution in [2.45, 2.75) is 6.42 Å². The number of ether oxygens (including phenoxy) is 2. The molecule has 3 rings (SSSR count). The van der Waals surface area contributed by atoms with E-state index < -0.39 is 17.5 Å². The standard InChI is InChI=1S/C18H16N2O6/c1-25-16-7-6-13(20(23)24)10-14(16)18(22)26-11-17(21)19-9-8-12-4-2-3-5-15(12)19/h2-7,10H,8-9,11H2,1H3. The van der Waals surface area contributed by atoms with Crippen molar-refractivity contribution < 1.29 is 24.0 Å². The van der Waals surface area contributed by atoms with Crippen LogP contribution in [0.2, 0.25) is 0 Å². The zero-order valence-corrected chi connectivity index (χ0v) is 14.0. The summed E-state index contributed by atoms with van der Waals surface area (Å²) in [6, 6.07) is 11.1. The van der Waals surface area contributed by atoms with Gasteiger partial charge in [-0.1, -0.05) is 18.2 Å². The lowest BCUT2D eigenvalue weighted by Gasteiger charge is -2.17. The molecule has 0 N–H and O–H groups in total. The Morgan fingerprint density at radius 2 is 2.00 bits per heavy atom. The molecular weight excluding hydrogens is 340 g/mol. The van der Waals surface area contributed by atoms with E-state index in [9.17, 15) is 19.7 Å². The summed E-state index contributed by atoms with van der Waals surface area (Å²) in [5, 5.41) is 10.9. The molecule has 8 nitrogen and oxygen atoms in total. The van der Waals surface area contributed by atoms with Crippen LogP contribution in [0, 0.1) is 10.1 Å². The summed E-state index contributed by atoms with van der Waals surface area (Å²) >= 11 is 0. The summed E-state index contributed by atoms with van der Waals surface area (Å²) in [7, 11) is 1.34. The molecule has 1 aliphatic rings. The van der Waals surface area contributed by atoms with Crippen molar-refractivity contribution in [3.63, 3.8) is 0 Å². The molecule has 0 fully saturated rings. The Morgan fingerprint density at radius 3 is 2.73 bits per heavy atom. The minimum atomic E-state index is -0.855. The topological polar surface area (TPSA) is 99.0 Å². The van der Waals surface area contributed by atoms with Crippen molar-refractivity contribution in [1.29, 1.82) is 0 Å². The van der Waals surface area contributed by atoms with Gasteiger partial charge in [-0.15, -0.1) is 0 Å². The van der Waals surface area contributed by atoms with Gasteiger partial charge in [0.2, 0.25) is 0 Å². The summed E-state index contributed by atoms with van der Waals surface area (Å²) in [4.78, 5) is 36.5. The first-order valence-corrected chi connectivity index (χ1v) is 7.89. The van der Waals surface area contributed by atoms with Crippen LogP contribution in [0.1, 0.15) is 15.9 Å². The SMILES string of the molecule is COc1ccc([N+](=O)[O-])cc1C(=O)OCC(=O)N1CCc2ccccc21. The Hall–Kier alpha value is -3.42. The number of benzene rings is 2. The number of nitro benzene ring substituents is 1. The second kappa shape index (κ2) is 7.22. The Bertz CT molecular complexity index is 880. The second-order valence-electron chi connectivity index (χ2n) is 5.64. The first-order valence-electron chi connectivity index (χ1n) is 7.89. The van der Waals surface area contributed by atoms with Gasteiger partial charge in [-0.05, 0) is 24.1 Å². The van der Waals surface area contributed by atoms with Crippen molar-refractivity contribution in [2.24, 2.45) is 0 Å². The predicted octanol–water partition coefficient (Wildman–Crippen LogP) is 2.35. The fourth-order valence-corrected chi connectivity index (χ4v) is 2.85. The molecule has 8 heteroatoms. The largest absolute Gasteiger partial charge is 0.496 e. The predicted molar refractivity (Wildman–Crippen MR) is 92.4 cm³/mol. The number of para-hydroxylation sites is 1. The van der Waals surface area contributed by atoms with Crippen molar-refractivity contribution in [1.82, 2.24) is 0 Å². The Morgan fingerprint density at radius 1 is 1.23 bits per heavy atom. The average Bonchev–Trinajstić information content (AvgIpc) is 3.09. The van der Waals surface area contributed by atoms with Crippen LogP contribution in [0.5, 0.6) is 5.75 Å². The molecule has 0 radical (unpaired) electrons. The molecule has 2 aromatic carbocycles. The van der Waals surface area contributed by atoms with Crippen LogP contribution in [0.25, 0.3) is 0 Å². The van der Waals surface area contributed by atoms with Gasteiger partial charge in [-0.3, -0.25) is 14.9 Å². The molecule has 2 aromatic rings. The number of amides is 1. The first-order chi connectivity index (χ1) is 12.5. The van der Waals surface area contributed by atoms with Gasteiger partial charge < -0.3 is 14.4 Å². The molecule has 0 saturated heterocycles. The molecule has 1 amide bonds. The van der Waals surface area contributed by atoms with E-state index in [0.717, 1.165) is 23.7 Å². The third-order valence-electron chi connectivity index (χ3n) is 4.13. The Kier molecular flexibility index (Phi) is 4.83. The monoisotopic (exact) mass is 356 g/mol. The van der Waals surface area contributed by atoms with Crippen molar-refractivity contribution in [3.8, 4) is 5.75 Å². The Labute approximate surface area is 149 Å². The van der Waals surface area contributed by atoms with Gasteiger partial charge in [0.25, 0.3) is 11.6 Å². The number of nitrogens with zero attached hydrogens (tertiary/aromatic N) is 2. The Balaban J connectivity index is 1.70. The highest BCUT2D eigenvalue weighted by Gasteiger charge is 2.26. The molecule has 1 heterocycles. The highest BCUT2D eigenvalue weighted by Crippen LogP contribution is 2.28. The van der Waals surface area contributed by atoms with Crippen LogP contribution >= 0.6 is 0 Å². The fourth-order valence-electron chi connectivity index (χ4n) is 2.85. The summed E-state index contributed by atoms with van der Waals surface area (Å²) < 4.78 is 10.1. The summed E-state index contributed by atoms with van der Waals surface area (Å²) in [5.41, 5.74) is 1.50. The van der Waals surface area contributed by atoms with Crippen LogP contribution in [-0.4, -0.2) is 37.1 Å². The van der Waals surface area contributed by atoms with Crippen LogP contribution in [0.4, 0.5) is 11.4 Å². The normalized spacial score (nSPS) is 12.4. The number of esters is 1. The lowest BCUT2D eigenvalue weighted by molar-refractivity contribution is -0.384. The van der Waals surface area contributed by atoms with Gasteiger partial charge in [-0.2, -0.15) is 0 Å². The molecule has 0 aromatic heterocycles. The second-order valence-corrected chi connectivity index (χ2v) is 5.64. The van der Waals surface area contributed by atoms with E-state index in [2.05, 4.69) is 0 Å². The van der Waals surface area contributed by atoms with Gasteiger partial charge in [0.05, 0.1) is 12.0 Å². The van der Waals surface area contributed by atoms with Gasteiger partial charge in [-0.25, -0.2) is 4.79 Å². The fraction of sp³-hybridized carbons (Fsp3) is 0.222. The minimum Gasteiger partial charge on any atom is -0.496 e. The van der Waals surface area contributed by atoms with Crippen molar-refractivity contribution in [3.05, 3.63) is 63.7 Å². The zero-order valence-electron chi connectivity index (χ0n) is 14.0. The lowest BCUT2D eigenvalue weighted by atomic mass is 10.2. The van der Waals surface area contributed by atoms with E-state index in [-0.39, 0.29) is 22.9 Å². The molecular formula is C18H16N2O6. The number of hydrogen-bond donors (Lipinski definition) is 0. The highest BCUT2D eigenvalue weighted by atomic mass is 16.6. The van der Waals surface area contributed by atoms with Crippen LogP contribution in [0.3, 0.4) is 0 Å². The zero-order chi connectivity index (χ0) is 18.7. The maximum absolute atomic E-state index is 12.4. The van der Waals surface area contributed by atoms with Crippen molar-refractivity contribution in [2.75, 3.05) is 25.2 Å².